The van der Waals surface area contributed by atoms with Crippen LogP contribution in [0.15, 0.2) is 23.4 Å². The van der Waals surface area contributed by atoms with E-state index < -0.39 is 17.4 Å². The van der Waals surface area contributed by atoms with E-state index in [1.165, 1.54) is 12.1 Å². The van der Waals surface area contributed by atoms with E-state index in [1.54, 1.807) is 17.8 Å². The number of aromatic amines is 1. The Bertz CT molecular complexity index is 1350. The van der Waals surface area contributed by atoms with Crippen molar-refractivity contribution in [3.63, 3.8) is 0 Å². The van der Waals surface area contributed by atoms with Gasteiger partial charge in [0.25, 0.3) is 0 Å². The second kappa shape index (κ2) is 9.89. The number of anilines is 1. The van der Waals surface area contributed by atoms with E-state index in [1.807, 2.05) is 18.5 Å². The van der Waals surface area contributed by atoms with Gasteiger partial charge in [-0.25, -0.2) is 18.7 Å². The predicted octanol–water partition coefficient (Wildman–Crippen LogP) is 4.56. The molecule has 2 aliphatic carbocycles. The highest BCUT2D eigenvalue weighted by Crippen LogP contribution is 2.47. The van der Waals surface area contributed by atoms with Crippen molar-refractivity contribution in [3.8, 4) is 0 Å². The quantitative estimate of drug-likeness (QED) is 0.216. The van der Waals surface area contributed by atoms with Gasteiger partial charge >= 0.3 is 0 Å². The number of benzene rings is 1. The standard InChI is InChI=1S/C26H31F2N5O4S/c1-4-9-38-25-30-23(29-17-11-14(17)13-5-6-15(27)16(28)10-13)20-24(31-25)33(32-20)18-12-19(35-8-7-34)22-21(18)36-26(2,3)37-22/h5-7,10,14,17-19,21-22,32H,4,8-9,11-12H2,1-3H3,(H,29,30,31)/t14-,17+,18+,19-,21-,22+/m0/s1. The number of hydrogen-bond acceptors (Lipinski definition) is 8. The molecule has 0 amide bonds. The van der Waals surface area contributed by atoms with E-state index in [2.05, 4.69) is 17.3 Å². The van der Waals surface area contributed by atoms with E-state index >= 15 is 0 Å². The molecule has 6 atom stereocenters. The minimum Gasteiger partial charge on any atom is -0.368 e. The van der Waals surface area contributed by atoms with Crippen molar-refractivity contribution < 1.29 is 27.8 Å². The summed E-state index contributed by atoms with van der Waals surface area (Å²) in [6.45, 7) is 5.86. The summed E-state index contributed by atoms with van der Waals surface area (Å²) < 4.78 is 47.3. The molecule has 2 N–H and O–H groups in total. The van der Waals surface area contributed by atoms with Crippen LogP contribution in [-0.2, 0) is 19.0 Å². The Balaban J connectivity index is 1.27. The zero-order chi connectivity index (χ0) is 26.6. The topological polar surface area (TPSA) is 103 Å². The van der Waals surface area contributed by atoms with Crippen molar-refractivity contribution in [2.75, 3.05) is 17.7 Å². The molecular weight excluding hydrogens is 516 g/mol. The van der Waals surface area contributed by atoms with E-state index in [0.717, 1.165) is 41.6 Å². The third-order valence-corrected chi connectivity index (χ3v) is 8.40. The minimum absolute atomic E-state index is 0.00294. The largest absolute Gasteiger partial charge is 0.368 e. The van der Waals surface area contributed by atoms with Crippen molar-refractivity contribution in [1.29, 1.82) is 0 Å². The van der Waals surface area contributed by atoms with Gasteiger partial charge in [0, 0.05) is 24.1 Å². The zero-order valence-electron chi connectivity index (χ0n) is 21.4. The Morgan fingerprint density at radius 1 is 1.24 bits per heavy atom. The predicted molar refractivity (Wildman–Crippen MR) is 137 cm³/mol. The average Bonchev–Trinajstić information content (AvgIpc) is 3.46. The van der Waals surface area contributed by atoms with Crippen LogP contribution in [0.25, 0.3) is 11.2 Å². The number of nitrogens with one attached hydrogen (secondary N) is 2. The lowest BCUT2D eigenvalue weighted by Crippen LogP contribution is -2.32. The lowest BCUT2D eigenvalue weighted by molar-refractivity contribution is -0.170. The number of hydrogen-bond donors (Lipinski definition) is 2. The van der Waals surface area contributed by atoms with Crippen LogP contribution in [0.1, 0.15) is 57.6 Å². The number of aldehydes is 1. The molecule has 38 heavy (non-hydrogen) atoms. The first kappa shape index (κ1) is 25.7. The van der Waals surface area contributed by atoms with Crippen LogP contribution in [0.5, 0.6) is 0 Å². The van der Waals surface area contributed by atoms with Crippen LogP contribution in [0.4, 0.5) is 14.6 Å². The molecule has 9 nitrogen and oxygen atoms in total. The Morgan fingerprint density at radius 3 is 2.82 bits per heavy atom. The van der Waals surface area contributed by atoms with Gasteiger partial charge in [0.2, 0.25) is 0 Å². The molecule has 0 radical (unpaired) electrons. The fraction of sp³-hybridized carbons (Fsp3) is 0.577. The lowest BCUT2D eigenvalue weighted by Gasteiger charge is -2.28. The van der Waals surface area contributed by atoms with E-state index in [9.17, 15) is 13.6 Å². The molecule has 3 aromatic rings. The van der Waals surface area contributed by atoms with Crippen LogP contribution in [0.2, 0.25) is 0 Å². The van der Waals surface area contributed by atoms with Crippen molar-refractivity contribution in [2.45, 2.75) is 87.3 Å². The molecule has 0 spiro atoms. The van der Waals surface area contributed by atoms with E-state index in [0.29, 0.717) is 17.4 Å². The minimum atomic E-state index is -0.842. The molecule has 2 aromatic heterocycles. The Morgan fingerprint density at radius 2 is 2.05 bits per heavy atom. The van der Waals surface area contributed by atoms with Crippen LogP contribution in [-0.4, -0.2) is 68.5 Å². The van der Waals surface area contributed by atoms with Gasteiger partial charge in [-0.1, -0.05) is 24.8 Å². The Labute approximate surface area is 223 Å². The first-order chi connectivity index (χ1) is 18.3. The number of rotatable bonds is 10. The van der Waals surface area contributed by atoms with Gasteiger partial charge in [-0.05, 0) is 44.4 Å². The van der Waals surface area contributed by atoms with Gasteiger partial charge in [0.1, 0.15) is 30.6 Å². The molecule has 2 saturated carbocycles. The van der Waals surface area contributed by atoms with Crippen molar-refractivity contribution in [2.24, 2.45) is 0 Å². The van der Waals surface area contributed by atoms with Gasteiger partial charge in [0.05, 0.1) is 12.1 Å². The highest BCUT2D eigenvalue weighted by molar-refractivity contribution is 7.99. The molecule has 1 aliphatic heterocycles. The summed E-state index contributed by atoms with van der Waals surface area (Å²) in [7, 11) is 0. The Kier molecular flexibility index (Phi) is 6.69. The number of H-pyrrole nitrogens is 1. The second-order valence-electron chi connectivity index (χ2n) is 10.6. The maximum atomic E-state index is 13.8. The first-order valence-electron chi connectivity index (χ1n) is 13.0. The first-order valence-corrected chi connectivity index (χ1v) is 14.0. The van der Waals surface area contributed by atoms with Crippen molar-refractivity contribution in [3.05, 3.63) is 35.4 Å². The van der Waals surface area contributed by atoms with Crippen LogP contribution >= 0.6 is 11.8 Å². The molecule has 204 valence electrons. The summed E-state index contributed by atoms with van der Waals surface area (Å²) in [5.74, 6) is -0.782. The number of ether oxygens (including phenoxy) is 3. The van der Waals surface area contributed by atoms with Crippen molar-refractivity contribution >= 4 is 35.0 Å². The van der Waals surface area contributed by atoms with Crippen LogP contribution < -0.4 is 5.32 Å². The monoisotopic (exact) mass is 547 g/mol. The highest BCUT2D eigenvalue weighted by Gasteiger charge is 2.56. The van der Waals surface area contributed by atoms with Crippen molar-refractivity contribution in [1.82, 2.24) is 19.7 Å². The SMILES string of the molecule is CCCSc1nc(N[C@@H]2C[C@H]2c2ccc(F)c(F)c2)c2[nH]n([C@@H]3C[C@H](OCC=O)[C@H]4OC(C)(C)O[C@H]43)c2n1. The molecule has 1 saturated heterocycles. The molecule has 0 bridgehead atoms. The average molecular weight is 548 g/mol. The number of carbonyl (C=O) groups excluding carboxylic acids is 1. The maximum Gasteiger partial charge on any atom is 0.191 e. The molecule has 3 fully saturated rings. The van der Waals surface area contributed by atoms with Gasteiger partial charge in [-0.2, -0.15) is 0 Å². The number of halogens is 2. The molecule has 12 heteroatoms. The van der Waals surface area contributed by atoms with Gasteiger partial charge in [-0.3, -0.25) is 9.78 Å². The summed E-state index contributed by atoms with van der Waals surface area (Å²) in [4.78, 5) is 20.6. The van der Waals surface area contributed by atoms with Gasteiger partial charge < -0.3 is 24.3 Å². The third kappa shape index (κ3) is 4.72. The third-order valence-electron chi connectivity index (χ3n) is 7.34. The maximum absolute atomic E-state index is 13.8. The smallest absolute Gasteiger partial charge is 0.191 e. The molecule has 1 aromatic carbocycles. The number of thioether (sulfide) groups is 1. The number of carbonyl (C=O) groups is 1. The summed E-state index contributed by atoms with van der Waals surface area (Å²) in [5.41, 5.74) is 2.32. The highest BCUT2D eigenvalue weighted by atomic mass is 32.2. The number of nitrogens with zero attached hydrogens (tertiary/aromatic N) is 3. The van der Waals surface area contributed by atoms with Crippen LogP contribution in [0.3, 0.4) is 0 Å². The molecule has 3 heterocycles. The normalized spacial score (nSPS) is 29.6. The summed E-state index contributed by atoms with van der Waals surface area (Å²) in [6.07, 6.45) is 2.30. The summed E-state index contributed by atoms with van der Waals surface area (Å²) >= 11 is 1.59. The zero-order valence-corrected chi connectivity index (χ0v) is 22.3. The fourth-order valence-corrected chi connectivity index (χ4v) is 6.25. The Hall–Kier alpha value is -2.54. The lowest BCUT2D eigenvalue weighted by atomic mass is 10.1. The summed E-state index contributed by atoms with van der Waals surface area (Å²) in [5, 5.41) is 7.56. The van der Waals surface area contributed by atoms with E-state index in [-0.39, 0.29) is 42.9 Å². The molecule has 3 aliphatic rings. The fourth-order valence-electron chi connectivity index (χ4n) is 5.56. The molecule has 0 unspecified atom stereocenters. The number of aromatic nitrogens is 4. The molecule has 6 rings (SSSR count). The second-order valence-corrected chi connectivity index (χ2v) is 11.6. The van der Waals surface area contributed by atoms with Crippen LogP contribution in [0, 0.1) is 11.6 Å². The molecular formula is C26H31F2N5O4S. The summed E-state index contributed by atoms with van der Waals surface area (Å²) in [6, 6.07) is 4.02. The van der Waals surface area contributed by atoms with Gasteiger partial charge in [-0.15, -0.1) is 0 Å². The van der Waals surface area contributed by atoms with Gasteiger partial charge in [0.15, 0.2) is 34.0 Å². The van der Waals surface area contributed by atoms with E-state index in [4.69, 9.17) is 24.2 Å². The number of fused-ring (bicyclic) bond motifs is 2.